The molecular weight excluding hydrogens is 294 g/mol. The molecule has 1 aromatic heterocycles. The Balaban J connectivity index is 1.66. The third-order valence-electron chi connectivity index (χ3n) is 4.29. The Kier molecular flexibility index (Phi) is 4.43. The maximum absolute atomic E-state index is 12.5. The van der Waals surface area contributed by atoms with Gasteiger partial charge >= 0.3 is 0 Å². The van der Waals surface area contributed by atoms with Crippen LogP contribution in [0.4, 0.5) is 0 Å². The highest BCUT2D eigenvalue weighted by atomic mass is 32.2. The molecule has 22 heavy (non-hydrogen) atoms. The molecule has 0 N–H and O–H groups in total. The second kappa shape index (κ2) is 6.32. The Labute approximate surface area is 135 Å². The number of benzene rings is 1. The highest BCUT2D eigenvalue weighted by Crippen LogP contribution is 2.25. The van der Waals surface area contributed by atoms with Gasteiger partial charge in [-0.2, -0.15) is 0 Å². The van der Waals surface area contributed by atoms with Crippen LogP contribution in [0.5, 0.6) is 0 Å². The summed E-state index contributed by atoms with van der Waals surface area (Å²) >= 11 is 1.54. The summed E-state index contributed by atoms with van der Waals surface area (Å²) < 4.78 is 2.06. The lowest BCUT2D eigenvalue weighted by atomic mass is 9.92. The summed E-state index contributed by atoms with van der Waals surface area (Å²) in [6.07, 6.45) is 1.22. The number of nitrogens with zero attached hydrogens (tertiary/aromatic N) is 3. The number of amides is 1. The quantitative estimate of drug-likeness (QED) is 0.816. The zero-order chi connectivity index (χ0) is 15.7. The minimum Gasteiger partial charge on any atom is -0.341 e. The summed E-state index contributed by atoms with van der Waals surface area (Å²) in [6.45, 7) is 6.25. The van der Waals surface area contributed by atoms with E-state index in [1.807, 2.05) is 30.1 Å². The number of imidazole rings is 1. The van der Waals surface area contributed by atoms with Crippen molar-refractivity contribution in [2.45, 2.75) is 25.4 Å². The van der Waals surface area contributed by atoms with Gasteiger partial charge in [-0.3, -0.25) is 4.79 Å². The molecule has 0 spiro atoms. The number of carbonyl (C=O) groups excluding carboxylic acids is 1. The van der Waals surface area contributed by atoms with Gasteiger partial charge in [0.25, 0.3) is 0 Å². The smallest absolute Gasteiger partial charge is 0.233 e. The molecule has 2 heterocycles. The molecule has 1 aliphatic heterocycles. The van der Waals surface area contributed by atoms with Crippen LogP contribution in [-0.2, 0) is 11.8 Å². The molecule has 1 fully saturated rings. The summed E-state index contributed by atoms with van der Waals surface area (Å²) in [5.74, 6) is 1.91. The van der Waals surface area contributed by atoms with Gasteiger partial charge in [-0.1, -0.05) is 37.7 Å². The van der Waals surface area contributed by atoms with E-state index in [1.54, 1.807) is 0 Å². The van der Waals surface area contributed by atoms with Crippen LogP contribution in [0.3, 0.4) is 0 Å². The van der Waals surface area contributed by atoms with Gasteiger partial charge in [0.15, 0.2) is 5.16 Å². The van der Waals surface area contributed by atoms with Gasteiger partial charge in [0, 0.05) is 20.1 Å². The highest BCUT2D eigenvalue weighted by molar-refractivity contribution is 7.99. The molecule has 0 bridgehead atoms. The van der Waals surface area contributed by atoms with E-state index in [9.17, 15) is 4.79 Å². The van der Waals surface area contributed by atoms with Gasteiger partial charge in [0.2, 0.25) is 5.91 Å². The van der Waals surface area contributed by atoms with Gasteiger partial charge in [-0.15, -0.1) is 0 Å². The largest absolute Gasteiger partial charge is 0.341 e. The number of likely N-dealkylation sites (tertiary alicyclic amines) is 1. The van der Waals surface area contributed by atoms with Crippen LogP contribution in [0.2, 0.25) is 0 Å². The third-order valence-corrected chi connectivity index (χ3v) is 5.31. The maximum Gasteiger partial charge on any atom is 0.233 e. The summed E-state index contributed by atoms with van der Waals surface area (Å²) in [4.78, 5) is 19.1. The Morgan fingerprint density at radius 3 is 2.64 bits per heavy atom. The number of aryl methyl sites for hydroxylation is 1. The molecule has 118 valence electrons. The number of hydrogen-bond acceptors (Lipinski definition) is 3. The number of carbonyl (C=O) groups is 1. The van der Waals surface area contributed by atoms with Gasteiger partial charge in [-0.25, -0.2) is 4.98 Å². The Morgan fingerprint density at radius 1 is 1.27 bits per heavy atom. The van der Waals surface area contributed by atoms with Crippen molar-refractivity contribution >= 4 is 28.7 Å². The normalized spacial score (nSPS) is 22.2. The van der Waals surface area contributed by atoms with Crippen molar-refractivity contribution in [1.82, 2.24) is 14.5 Å². The molecule has 0 radical (unpaired) electrons. The minimum absolute atomic E-state index is 0.232. The highest BCUT2D eigenvalue weighted by Gasteiger charge is 2.25. The fourth-order valence-electron chi connectivity index (χ4n) is 3.34. The number of rotatable bonds is 3. The second-order valence-electron chi connectivity index (χ2n) is 6.48. The average molecular weight is 317 g/mol. The lowest BCUT2D eigenvalue weighted by Gasteiger charge is -2.34. The van der Waals surface area contributed by atoms with Crippen LogP contribution in [0.1, 0.15) is 20.3 Å². The molecule has 4 nitrogen and oxygen atoms in total. The first-order valence-corrected chi connectivity index (χ1v) is 8.85. The van der Waals surface area contributed by atoms with Crippen molar-refractivity contribution < 1.29 is 4.79 Å². The molecule has 5 heteroatoms. The van der Waals surface area contributed by atoms with E-state index in [-0.39, 0.29) is 5.91 Å². The molecule has 1 saturated heterocycles. The van der Waals surface area contributed by atoms with Crippen molar-refractivity contribution in [3.05, 3.63) is 24.3 Å². The van der Waals surface area contributed by atoms with Crippen LogP contribution >= 0.6 is 11.8 Å². The first-order valence-electron chi connectivity index (χ1n) is 7.86. The van der Waals surface area contributed by atoms with Crippen LogP contribution in [0.25, 0.3) is 11.0 Å². The molecule has 2 atom stereocenters. The standard InChI is InChI=1S/C17H23N3OS/c1-12-8-13(2)10-20(9-12)16(21)11-22-17-18-14-6-4-5-7-15(14)19(17)3/h4-7,12-13H,8-11H2,1-3H3. The SMILES string of the molecule is CC1CC(C)CN(C(=O)CSc2nc3ccccc3n2C)C1. The lowest BCUT2D eigenvalue weighted by Crippen LogP contribution is -2.43. The topological polar surface area (TPSA) is 38.1 Å². The van der Waals surface area contributed by atoms with E-state index in [2.05, 4.69) is 29.5 Å². The van der Waals surface area contributed by atoms with Crippen molar-refractivity contribution in [2.75, 3.05) is 18.8 Å². The number of fused-ring (bicyclic) bond motifs is 1. The summed E-state index contributed by atoms with van der Waals surface area (Å²) in [7, 11) is 2.01. The zero-order valence-electron chi connectivity index (χ0n) is 13.5. The second-order valence-corrected chi connectivity index (χ2v) is 7.42. The fraction of sp³-hybridized carbons (Fsp3) is 0.529. The molecule has 1 aromatic carbocycles. The molecular formula is C17H23N3OS. The van der Waals surface area contributed by atoms with Gasteiger partial charge in [0.05, 0.1) is 16.8 Å². The van der Waals surface area contributed by atoms with Crippen molar-refractivity contribution in [3.63, 3.8) is 0 Å². The molecule has 2 unspecified atom stereocenters. The summed E-state index contributed by atoms with van der Waals surface area (Å²) in [6, 6.07) is 8.07. The first-order chi connectivity index (χ1) is 10.5. The average Bonchev–Trinajstić information content (AvgIpc) is 2.81. The molecule has 1 aliphatic rings. The van der Waals surface area contributed by atoms with Crippen molar-refractivity contribution in [2.24, 2.45) is 18.9 Å². The number of aromatic nitrogens is 2. The third kappa shape index (κ3) is 3.14. The molecule has 3 rings (SSSR count). The lowest BCUT2D eigenvalue weighted by molar-refractivity contribution is -0.130. The Bertz CT molecular complexity index is 672. The summed E-state index contributed by atoms with van der Waals surface area (Å²) in [5.41, 5.74) is 2.10. The molecule has 0 saturated carbocycles. The minimum atomic E-state index is 0.232. The van der Waals surface area contributed by atoms with Gasteiger partial charge in [-0.05, 0) is 30.4 Å². The first kappa shape index (κ1) is 15.4. The number of para-hydroxylation sites is 2. The monoisotopic (exact) mass is 317 g/mol. The van der Waals surface area contributed by atoms with Crippen molar-refractivity contribution in [1.29, 1.82) is 0 Å². The Morgan fingerprint density at radius 2 is 1.95 bits per heavy atom. The molecule has 1 amide bonds. The van der Waals surface area contributed by atoms with Crippen LogP contribution < -0.4 is 0 Å². The van der Waals surface area contributed by atoms with Crippen molar-refractivity contribution in [3.8, 4) is 0 Å². The number of piperidine rings is 1. The number of thioether (sulfide) groups is 1. The van der Waals surface area contributed by atoms with E-state index in [1.165, 1.54) is 18.2 Å². The molecule has 2 aromatic rings. The van der Waals surface area contributed by atoms with E-state index in [0.29, 0.717) is 17.6 Å². The van der Waals surface area contributed by atoms with Crippen LogP contribution in [0.15, 0.2) is 29.4 Å². The zero-order valence-corrected chi connectivity index (χ0v) is 14.3. The number of hydrogen-bond donors (Lipinski definition) is 0. The summed E-state index contributed by atoms with van der Waals surface area (Å²) in [5, 5.41) is 0.910. The molecule has 0 aliphatic carbocycles. The van der Waals surface area contributed by atoms with Crippen LogP contribution in [-0.4, -0.2) is 39.2 Å². The van der Waals surface area contributed by atoms with E-state index in [4.69, 9.17) is 0 Å². The van der Waals surface area contributed by atoms with E-state index >= 15 is 0 Å². The van der Waals surface area contributed by atoms with Gasteiger partial charge < -0.3 is 9.47 Å². The predicted molar refractivity (Wildman–Crippen MR) is 91.0 cm³/mol. The fourth-order valence-corrected chi connectivity index (χ4v) is 4.23. The van der Waals surface area contributed by atoms with E-state index in [0.717, 1.165) is 29.3 Å². The predicted octanol–water partition coefficient (Wildman–Crippen LogP) is 3.17. The van der Waals surface area contributed by atoms with Gasteiger partial charge in [0.1, 0.15) is 0 Å². The van der Waals surface area contributed by atoms with Crippen LogP contribution in [0, 0.1) is 11.8 Å². The maximum atomic E-state index is 12.5. The van der Waals surface area contributed by atoms with E-state index < -0.39 is 0 Å². The Hall–Kier alpha value is -1.49.